The van der Waals surface area contributed by atoms with Crippen molar-refractivity contribution in [3.63, 3.8) is 0 Å². The van der Waals surface area contributed by atoms with E-state index < -0.39 is 29.1 Å². The molecule has 9 heteroatoms. The molecule has 0 fully saturated rings. The van der Waals surface area contributed by atoms with E-state index in [0.29, 0.717) is 0 Å². The number of halogens is 5. The third kappa shape index (κ3) is 25.0. The molecule has 0 spiro atoms. The standard InChI is InChI=1S/C6F5.3C3H9P.Rh/c7-2-1-3(8)5(10)6(11)4(2)9;3*1-4(2)3;/h;3*1-3H3;/q-1;;;;/p+3. The van der Waals surface area contributed by atoms with Gasteiger partial charge in [0, 0.05) is 79.5 Å². The van der Waals surface area contributed by atoms with Crippen LogP contribution in [0.3, 0.4) is 0 Å². The second-order valence-corrected chi connectivity index (χ2v) is 15.2. The molecule has 0 aliphatic heterocycles. The Morgan fingerprint density at radius 2 is 0.667 bits per heavy atom. The van der Waals surface area contributed by atoms with Crippen molar-refractivity contribution in [2.45, 2.75) is 0 Å². The van der Waals surface area contributed by atoms with Gasteiger partial charge >= 0.3 is 0 Å². The molecule has 0 amide bonds. The Balaban J connectivity index is -0.000000130. The summed E-state index contributed by atoms with van der Waals surface area (Å²) < 4.78 is 59.9. The fourth-order valence-electron chi connectivity index (χ4n) is 0.495. The van der Waals surface area contributed by atoms with Gasteiger partial charge in [-0.2, -0.15) is 0 Å². The van der Waals surface area contributed by atoms with Crippen LogP contribution in [-0.2, 0) is 19.5 Å². The van der Waals surface area contributed by atoms with Crippen LogP contribution < -0.4 is 0 Å². The van der Waals surface area contributed by atoms with Gasteiger partial charge in [-0.3, -0.25) is 8.78 Å². The Kier molecular flexibility index (Phi) is 25.1. The van der Waals surface area contributed by atoms with Crippen molar-refractivity contribution in [2.75, 3.05) is 60.0 Å². The minimum Gasteiger partial charge on any atom is -0.278 e. The van der Waals surface area contributed by atoms with Crippen molar-refractivity contribution in [2.24, 2.45) is 0 Å². The number of benzene rings is 1. The smallest absolute Gasteiger partial charge is 0.0893 e. The summed E-state index contributed by atoms with van der Waals surface area (Å²) >= 11 is 0. The molecule has 0 unspecified atom stereocenters. The molecule has 1 aromatic rings. The van der Waals surface area contributed by atoms with Gasteiger partial charge in [0.1, 0.15) is 0 Å². The summed E-state index contributed by atoms with van der Waals surface area (Å²) in [5, 5.41) is 0. The summed E-state index contributed by atoms with van der Waals surface area (Å²) in [4.78, 5) is 0. The molecule has 147 valence electrons. The maximum absolute atomic E-state index is 12.0. The SMILES string of the molecule is C[PH+](C)C.C[PH+](C)C.C[PH+](C)C.Fc1[c-]c(F)c(F)c(F)c1F.[Rh]. The van der Waals surface area contributed by atoms with Gasteiger partial charge in [-0.05, 0) is 23.8 Å². The summed E-state index contributed by atoms with van der Waals surface area (Å²) in [5.74, 6) is -10.0. The quantitative estimate of drug-likeness (QED) is 0.111. The number of hydrogen-bond donors (Lipinski definition) is 0. The molecule has 1 aromatic carbocycles. The third-order valence-corrected chi connectivity index (χ3v) is 0.990. The third-order valence-electron chi connectivity index (χ3n) is 0.990. The molecule has 0 aliphatic rings. The van der Waals surface area contributed by atoms with Crippen molar-refractivity contribution in [3.05, 3.63) is 35.2 Å². The molecule has 0 heterocycles. The van der Waals surface area contributed by atoms with Gasteiger partial charge in [-0.25, -0.2) is 13.2 Å². The molecular formula is C15H30F5P3Rh+2. The Bertz CT molecular complexity index is 381. The molecule has 0 atom stereocenters. The van der Waals surface area contributed by atoms with Crippen molar-refractivity contribution < 1.29 is 41.4 Å². The first-order valence-corrected chi connectivity index (χ1v) is 15.9. The van der Waals surface area contributed by atoms with Crippen molar-refractivity contribution in [1.82, 2.24) is 0 Å². The summed E-state index contributed by atoms with van der Waals surface area (Å²) in [5.41, 5.74) is 0. The zero-order valence-electron chi connectivity index (χ0n) is 15.7. The van der Waals surface area contributed by atoms with E-state index in [9.17, 15) is 22.0 Å². The van der Waals surface area contributed by atoms with Gasteiger partial charge in [-0.1, -0.05) is 0 Å². The molecule has 0 aromatic heterocycles. The topological polar surface area (TPSA) is 0 Å². The van der Waals surface area contributed by atoms with Crippen LogP contribution in [0.2, 0.25) is 0 Å². The maximum atomic E-state index is 12.0. The molecule has 1 rings (SSSR count). The van der Waals surface area contributed by atoms with Crippen LogP contribution in [0.4, 0.5) is 22.0 Å². The van der Waals surface area contributed by atoms with E-state index in [2.05, 4.69) is 60.0 Å². The zero-order chi connectivity index (χ0) is 19.3. The molecule has 1 radical (unpaired) electrons. The average Bonchev–Trinajstić information content (AvgIpc) is 2.32. The van der Waals surface area contributed by atoms with E-state index in [1.807, 2.05) is 0 Å². The van der Waals surface area contributed by atoms with E-state index >= 15 is 0 Å². The molecule has 0 saturated heterocycles. The molecule has 0 bridgehead atoms. The summed E-state index contributed by atoms with van der Waals surface area (Å²) in [6.45, 7) is 20.4. The second-order valence-electron chi connectivity index (χ2n) is 6.19. The minimum absolute atomic E-state index is 0. The normalized spacial score (nSPS) is 9.21. The zero-order valence-corrected chi connectivity index (χ0v) is 20.4. The van der Waals surface area contributed by atoms with Crippen molar-refractivity contribution in [3.8, 4) is 0 Å². The molecule has 0 saturated carbocycles. The molecule has 24 heavy (non-hydrogen) atoms. The Morgan fingerprint density at radius 1 is 0.500 bits per heavy atom. The Hall–Kier alpha value is 0.783. The van der Waals surface area contributed by atoms with Gasteiger partial charge in [0.25, 0.3) is 0 Å². The van der Waals surface area contributed by atoms with Crippen molar-refractivity contribution in [1.29, 1.82) is 0 Å². The van der Waals surface area contributed by atoms with E-state index in [1.54, 1.807) is 0 Å². The fourth-order valence-corrected chi connectivity index (χ4v) is 0.495. The Labute approximate surface area is 160 Å². The number of rotatable bonds is 0. The van der Waals surface area contributed by atoms with Crippen LogP contribution in [0.25, 0.3) is 0 Å². The molecule has 0 nitrogen and oxygen atoms in total. The molecule has 0 aliphatic carbocycles. The largest absolute Gasteiger partial charge is 0.278 e. The van der Waals surface area contributed by atoms with E-state index in [0.717, 1.165) is 6.07 Å². The predicted octanol–water partition coefficient (Wildman–Crippen LogP) is 5.45. The first-order valence-electron chi connectivity index (χ1n) is 6.94. The minimum atomic E-state index is -2.17. The second kappa shape index (κ2) is 18.6. The number of hydrogen-bond acceptors (Lipinski definition) is 0. The van der Waals surface area contributed by atoms with Gasteiger partial charge in [0.2, 0.25) is 0 Å². The first kappa shape index (κ1) is 32.5. The molecular weight excluding hydrogens is 471 g/mol. The monoisotopic (exact) mass is 501 g/mol. The molecule has 0 N–H and O–H groups in total. The summed E-state index contributed by atoms with van der Waals surface area (Å²) in [6, 6.07) is 1.02. The van der Waals surface area contributed by atoms with Crippen molar-refractivity contribution >= 4 is 23.8 Å². The van der Waals surface area contributed by atoms with E-state index in [4.69, 9.17) is 0 Å². The first-order chi connectivity index (χ1) is 10.2. The maximum Gasteiger partial charge on any atom is 0.0893 e. The van der Waals surface area contributed by atoms with Crippen LogP contribution >= 0.6 is 23.8 Å². The van der Waals surface area contributed by atoms with Crippen LogP contribution in [0.15, 0.2) is 0 Å². The predicted molar refractivity (Wildman–Crippen MR) is 103 cm³/mol. The summed E-state index contributed by atoms with van der Waals surface area (Å²) in [7, 11) is 0.361. The van der Waals surface area contributed by atoms with Crippen LogP contribution in [0.1, 0.15) is 0 Å². The Morgan fingerprint density at radius 3 is 0.833 bits per heavy atom. The van der Waals surface area contributed by atoms with Gasteiger partial charge in [-0.15, -0.1) is 6.07 Å². The van der Waals surface area contributed by atoms with E-state index in [1.165, 1.54) is 0 Å². The summed E-state index contributed by atoms with van der Waals surface area (Å²) in [6.07, 6.45) is 0. The van der Waals surface area contributed by atoms with Gasteiger partial charge < -0.3 is 0 Å². The van der Waals surface area contributed by atoms with Crippen LogP contribution in [-0.4, -0.2) is 60.0 Å². The fraction of sp³-hybridized carbons (Fsp3) is 0.600. The van der Waals surface area contributed by atoms with Gasteiger partial charge in [0.15, 0.2) is 0 Å². The average molecular weight is 501 g/mol. The van der Waals surface area contributed by atoms with Crippen LogP contribution in [0.5, 0.6) is 0 Å². The van der Waals surface area contributed by atoms with Gasteiger partial charge in [0.05, 0.1) is 29.1 Å². The van der Waals surface area contributed by atoms with Crippen LogP contribution in [0, 0.1) is 35.2 Å². The van der Waals surface area contributed by atoms with E-state index in [-0.39, 0.29) is 43.2 Å².